The Bertz CT molecular complexity index is 1270. The third-order valence-corrected chi connectivity index (χ3v) is 7.47. The van der Waals surface area contributed by atoms with E-state index in [0.29, 0.717) is 42.6 Å². The molecule has 1 aliphatic rings. The standard InChI is InChI=1S/C25H37N5O3S.C2HF3O2/c1-5-6-13-29(4)25(31)21-17-23(24(27-18-21)30-14-11-26-12-15-30)28-34(32,33)22-9-7-20(8-10-22)16-19(2)3;3-2(4,5)1(6)7/h7-10,17-19,26,28H,5-6,11-16H2,1-4H3;(H,6,7). The number of benzene rings is 1. The van der Waals surface area contributed by atoms with Crippen molar-refractivity contribution in [2.75, 3.05) is 49.4 Å². The van der Waals surface area contributed by atoms with Gasteiger partial charge in [0.05, 0.1) is 16.1 Å². The van der Waals surface area contributed by atoms with E-state index < -0.39 is 22.2 Å². The molecule has 3 N–H and O–H groups in total. The number of aliphatic carboxylic acids is 1. The first kappa shape index (κ1) is 33.8. The molecule has 1 aliphatic heterocycles. The lowest BCUT2D eigenvalue weighted by Crippen LogP contribution is -2.44. The number of anilines is 2. The summed E-state index contributed by atoms with van der Waals surface area (Å²) in [5.41, 5.74) is 1.78. The number of aromatic nitrogens is 1. The Morgan fingerprint density at radius 2 is 1.76 bits per heavy atom. The van der Waals surface area contributed by atoms with Gasteiger partial charge in [-0.2, -0.15) is 13.2 Å². The first-order chi connectivity index (χ1) is 19.2. The van der Waals surface area contributed by atoms with Crippen molar-refractivity contribution in [2.45, 2.75) is 51.1 Å². The molecule has 0 atom stereocenters. The second-order valence-electron chi connectivity index (χ2n) is 10.1. The molecule has 0 aliphatic carbocycles. The second-order valence-corrected chi connectivity index (χ2v) is 11.7. The molecule has 1 saturated heterocycles. The molecule has 10 nitrogen and oxygen atoms in total. The summed E-state index contributed by atoms with van der Waals surface area (Å²) in [6, 6.07) is 8.58. The lowest BCUT2D eigenvalue weighted by atomic mass is 10.0. The normalized spacial score (nSPS) is 13.8. The molecule has 1 fully saturated rings. The van der Waals surface area contributed by atoms with Gasteiger partial charge in [0.25, 0.3) is 15.9 Å². The van der Waals surface area contributed by atoms with Crippen LogP contribution in [0.3, 0.4) is 0 Å². The maximum atomic E-state index is 13.3. The molecule has 2 aromatic rings. The Labute approximate surface area is 239 Å². The summed E-state index contributed by atoms with van der Waals surface area (Å²) in [5.74, 6) is -1.91. The highest BCUT2D eigenvalue weighted by molar-refractivity contribution is 7.92. The van der Waals surface area contributed by atoms with Gasteiger partial charge in [-0.25, -0.2) is 18.2 Å². The Kier molecular flexibility index (Phi) is 12.4. The number of alkyl halides is 3. The highest BCUT2D eigenvalue weighted by atomic mass is 32.2. The van der Waals surface area contributed by atoms with Gasteiger partial charge in [-0.1, -0.05) is 39.3 Å². The van der Waals surface area contributed by atoms with Crippen LogP contribution in [0, 0.1) is 5.92 Å². The van der Waals surface area contributed by atoms with Crippen LogP contribution in [0.2, 0.25) is 0 Å². The minimum atomic E-state index is -5.08. The predicted octanol–water partition coefficient (Wildman–Crippen LogP) is 4.00. The minimum Gasteiger partial charge on any atom is -0.475 e. The van der Waals surface area contributed by atoms with Crippen LogP contribution >= 0.6 is 0 Å². The topological polar surface area (TPSA) is 132 Å². The minimum absolute atomic E-state index is 0.175. The number of hydrogen-bond donors (Lipinski definition) is 3. The number of unbranched alkanes of at least 4 members (excludes halogenated alkanes) is 1. The van der Waals surface area contributed by atoms with Gasteiger partial charge in [0, 0.05) is 46.0 Å². The zero-order valence-corrected chi connectivity index (χ0v) is 24.5. The summed E-state index contributed by atoms with van der Waals surface area (Å²) in [5, 5.41) is 10.4. The fourth-order valence-electron chi connectivity index (χ4n) is 3.98. The van der Waals surface area contributed by atoms with Crippen molar-refractivity contribution in [3.05, 3.63) is 47.7 Å². The zero-order valence-electron chi connectivity index (χ0n) is 23.7. The van der Waals surface area contributed by atoms with Crippen LogP contribution in [-0.2, 0) is 21.2 Å². The van der Waals surface area contributed by atoms with Crippen LogP contribution in [0.15, 0.2) is 41.4 Å². The van der Waals surface area contributed by atoms with E-state index in [0.717, 1.165) is 37.9 Å². The lowest BCUT2D eigenvalue weighted by molar-refractivity contribution is -0.192. The van der Waals surface area contributed by atoms with Crippen molar-refractivity contribution in [1.29, 1.82) is 0 Å². The summed E-state index contributed by atoms with van der Waals surface area (Å²) in [7, 11) is -2.10. The van der Waals surface area contributed by atoms with Gasteiger partial charge in [-0.3, -0.25) is 9.52 Å². The molecule has 1 aromatic carbocycles. The Balaban J connectivity index is 0.000000745. The number of rotatable bonds is 10. The third kappa shape index (κ3) is 10.5. The monoisotopic (exact) mass is 601 g/mol. The Morgan fingerprint density at radius 1 is 1.17 bits per heavy atom. The molecule has 3 rings (SSSR count). The average molecular weight is 602 g/mol. The number of halogens is 3. The quantitative estimate of drug-likeness (QED) is 0.373. The van der Waals surface area contributed by atoms with E-state index in [-0.39, 0.29) is 10.8 Å². The summed E-state index contributed by atoms with van der Waals surface area (Å²) in [6.07, 6.45) is -0.763. The smallest absolute Gasteiger partial charge is 0.475 e. The second kappa shape index (κ2) is 15.0. The predicted molar refractivity (Wildman–Crippen MR) is 151 cm³/mol. The molecule has 0 spiro atoms. The van der Waals surface area contributed by atoms with Gasteiger partial charge in [-0.15, -0.1) is 0 Å². The number of nitrogens with zero attached hydrogens (tertiary/aromatic N) is 3. The van der Waals surface area contributed by atoms with Crippen molar-refractivity contribution in [3.8, 4) is 0 Å². The largest absolute Gasteiger partial charge is 0.490 e. The maximum absolute atomic E-state index is 13.3. The molecule has 228 valence electrons. The number of hydrogen-bond acceptors (Lipinski definition) is 7. The first-order valence-corrected chi connectivity index (χ1v) is 14.8. The molecule has 41 heavy (non-hydrogen) atoms. The van der Waals surface area contributed by atoms with Crippen LogP contribution < -0.4 is 14.9 Å². The van der Waals surface area contributed by atoms with Crippen LogP contribution in [0.1, 0.15) is 49.5 Å². The number of pyridine rings is 1. The molecular weight excluding hydrogens is 563 g/mol. The van der Waals surface area contributed by atoms with Gasteiger partial charge in [0.2, 0.25) is 0 Å². The number of carboxylic acid groups (broad SMARTS) is 1. The number of carboxylic acids is 1. The van der Waals surface area contributed by atoms with Crippen molar-refractivity contribution >= 4 is 33.4 Å². The van der Waals surface area contributed by atoms with E-state index in [4.69, 9.17) is 9.90 Å². The van der Waals surface area contributed by atoms with Gasteiger partial charge in [0.1, 0.15) is 0 Å². The van der Waals surface area contributed by atoms with Crippen molar-refractivity contribution in [3.63, 3.8) is 0 Å². The van der Waals surface area contributed by atoms with Crippen LogP contribution in [0.4, 0.5) is 24.7 Å². The first-order valence-electron chi connectivity index (χ1n) is 13.3. The maximum Gasteiger partial charge on any atom is 0.490 e. The molecule has 2 heterocycles. The molecule has 1 aromatic heterocycles. The molecule has 1 amide bonds. The van der Waals surface area contributed by atoms with E-state index in [9.17, 15) is 26.4 Å². The summed E-state index contributed by atoms with van der Waals surface area (Å²) in [4.78, 5) is 30.2. The molecule has 0 bridgehead atoms. The highest BCUT2D eigenvalue weighted by Gasteiger charge is 2.38. The number of amides is 1. The summed E-state index contributed by atoms with van der Waals surface area (Å²) >= 11 is 0. The van der Waals surface area contributed by atoms with Crippen molar-refractivity contribution < 1.29 is 36.3 Å². The molecule has 0 unspecified atom stereocenters. The number of piperazine rings is 1. The van der Waals surface area contributed by atoms with Gasteiger partial charge >= 0.3 is 12.1 Å². The highest BCUT2D eigenvalue weighted by Crippen LogP contribution is 2.28. The third-order valence-electron chi connectivity index (χ3n) is 6.09. The lowest BCUT2D eigenvalue weighted by Gasteiger charge is -2.30. The van der Waals surface area contributed by atoms with E-state index in [1.54, 1.807) is 36.3 Å². The zero-order chi connectivity index (χ0) is 30.8. The average Bonchev–Trinajstić information content (AvgIpc) is 2.91. The number of nitrogens with one attached hydrogen (secondary N) is 2. The van der Waals surface area contributed by atoms with Gasteiger partial charge in [0.15, 0.2) is 5.82 Å². The SMILES string of the molecule is CCCCN(C)C(=O)c1cnc(N2CCNCC2)c(NS(=O)(=O)c2ccc(CC(C)C)cc2)c1.O=C(O)C(F)(F)F. The molecule has 0 radical (unpaired) electrons. The van der Waals surface area contributed by atoms with Crippen LogP contribution in [-0.4, -0.2) is 81.2 Å². The Hall–Kier alpha value is -3.39. The summed E-state index contributed by atoms with van der Waals surface area (Å²) in [6.45, 7) is 9.95. The number of sulfonamides is 1. The Morgan fingerprint density at radius 3 is 2.27 bits per heavy atom. The van der Waals surface area contributed by atoms with Crippen LogP contribution in [0.5, 0.6) is 0 Å². The molecular formula is C27H38F3N5O5S. The van der Waals surface area contributed by atoms with Crippen LogP contribution in [0.25, 0.3) is 0 Å². The molecule has 14 heteroatoms. The number of carbonyl (C=O) groups is 2. The van der Waals surface area contributed by atoms with E-state index >= 15 is 0 Å². The van der Waals surface area contributed by atoms with E-state index in [1.807, 2.05) is 17.0 Å². The number of carbonyl (C=O) groups excluding carboxylic acids is 1. The molecule has 0 saturated carbocycles. The fraction of sp³-hybridized carbons (Fsp3) is 0.519. The van der Waals surface area contributed by atoms with Gasteiger partial charge < -0.3 is 20.2 Å². The van der Waals surface area contributed by atoms with Crippen molar-refractivity contribution in [1.82, 2.24) is 15.2 Å². The van der Waals surface area contributed by atoms with E-state index in [2.05, 4.69) is 35.8 Å². The fourth-order valence-corrected chi connectivity index (χ4v) is 5.03. The van der Waals surface area contributed by atoms with Gasteiger partial charge in [-0.05, 0) is 42.5 Å². The van der Waals surface area contributed by atoms with E-state index in [1.165, 1.54) is 0 Å². The van der Waals surface area contributed by atoms with Crippen molar-refractivity contribution in [2.24, 2.45) is 5.92 Å². The summed E-state index contributed by atoms with van der Waals surface area (Å²) < 4.78 is 61.0.